The van der Waals surface area contributed by atoms with Crippen LogP contribution in [0, 0.1) is 0 Å². The molecule has 1 aromatic rings. The molecule has 0 radical (unpaired) electrons. The number of hydrogen-bond donors (Lipinski definition) is 0. The van der Waals surface area contributed by atoms with Crippen molar-refractivity contribution in [3.05, 3.63) is 18.2 Å². The number of ether oxygens (including phenoxy) is 1. The summed E-state index contributed by atoms with van der Waals surface area (Å²) in [5.41, 5.74) is 0.232. The number of rotatable bonds is 5. The summed E-state index contributed by atoms with van der Waals surface area (Å²) in [4.78, 5) is 12.4. The molecule has 0 aliphatic rings. The zero-order valence-electron chi connectivity index (χ0n) is 12.2. The van der Waals surface area contributed by atoms with Gasteiger partial charge < -0.3 is 9.64 Å². The van der Waals surface area contributed by atoms with Crippen molar-refractivity contribution in [1.82, 2.24) is 0 Å². The molecule has 0 fully saturated rings. The summed E-state index contributed by atoms with van der Waals surface area (Å²) in [5.74, 6) is -0.538. The van der Waals surface area contributed by atoms with Gasteiger partial charge in [-0.2, -0.15) is 0 Å². The molecule has 118 valence electrons. The van der Waals surface area contributed by atoms with Gasteiger partial charge in [0.15, 0.2) is 19.7 Å². The third-order valence-electron chi connectivity index (χ3n) is 2.76. The number of esters is 1. The molecule has 0 unspecified atom stereocenters. The molecule has 0 saturated carbocycles. The molecule has 0 amide bonds. The van der Waals surface area contributed by atoms with Crippen LogP contribution in [0.15, 0.2) is 28.0 Å². The number of hydrogen-bond acceptors (Lipinski definition) is 7. The third-order valence-corrected chi connectivity index (χ3v) is 5.00. The van der Waals surface area contributed by atoms with Crippen LogP contribution in [0.5, 0.6) is 0 Å². The first-order chi connectivity index (χ1) is 9.46. The van der Waals surface area contributed by atoms with E-state index in [2.05, 4.69) is 4.74 Å². The molecule has 0 aromatic heterocycles. The van der Waals surface area contributed by atoms with Crippen LogP contribution in [0.4, 0.5) is 5.69 Å². The summed E-state index contributed by atoms with van der Waals surface area (Å²) in [6.07, 6.45) is 1.97. The molecule has 0 spiro atoms. The van der Waals surface area contributed by atoms with E-state index >= 15 is 0 Å². The number of nitrogens with zero attached hydrogens (tertiary/aromatic N) is 1. The Labute approximate surface area is 124 Å². The Bertz CT molecular complexity index is 752. The van der Waals surface area contributed by atoms with E-state index in [1.165, 1.54) is 31.2 Å². The normalized spacial score (nSPS) is 12.0. The first-order valence-corrected chi connectivity index (χ1v) is 9.57. The van der Waals surface area contributed by atoms with Gasteiger partial charge in [0.05, 0.1) is 22.6 Å². The minimum absolute atomic E-state index is 0.0989. The molecule has 21 heavy (non-hydrogen) atoms. The molecule has 1 aromatic carbocycles. The van der Waals surface area contributed by atoms with Gasteiger partial charge in [-0.1, -0.05) is 0 Å². The standard InChI is InChI=1S/C12H17NO6S2/c1-13(8-12(14)19-2)10-6-5-9(20(3,15)16)7-11(10)21(4,17)18/h5-7H,8H2,1-4H3. The predicted octanol–water partition coefficient (Wildman–Crippen LogP) is 0.103. The number of sulfone groups is 2. The minimum Gasteiger partial charge on any atom is -0.468 e. The Kier molecular flexibility index (Phi) is 5.00. The smallest absolute Gasteiger partial charge is 0.325 e. The van der Waals surface area contributed by atoms with Gasteiger partial charge in [-0.3, -0.25) is 4.79 Å². The Morgan fingerprint density at radius 1 is 1.14 bits per heavy atom. The van der Waals surface area contributed by atoms with Crippen molar-refractivity contribution in [2.24, 2.45) is 0 Å². The molecule has 0 saturated heterocycles. The van der Waals surface area contributed by atoms with E-state index in [-0.39, 0.29) is 22.0 Å². The quantitative estimate of drug-likeness (QED) is 0.704. The van der Waals surface area contributed by atoms with E-state index in [0.29, 0.717) is 0 Å². The summed E-state index contributed by atoms with van der Waals surface area (Å²) in [6, 6.07) is 3.75. The van der Waals surface area contributed by atoms with Crippen molar-refractivity contribution < 1.29 is 26.4 Å². The van der Waals surface area contributed by atoms with Crippen molar-refractivity contribution in [2.45, 2.75) is 9.79 Å². The SMILES string of the molecule is COC(=O)CN(C)c1ccc(S(C)(=O)=O)cc1S(C)(=O)=O. The van der Waals surface area contributed by atoms with Crippen molar-refractivity contribution in [2.75, 3.05) is 38.1 Å². The zero-order chi connectivity index (χ0) is 16.4. The second-order valence-electron chi connectivity index (χ2n) is 4.61. The van der Waals surface area contributed by atoms with E-state index in [1.807, 2.05) is 0 Å². The fourth-order valence-corrected chi connectivity index (χ4v) is 3.35. The highest BCUT2D eigenvalue weighted by molar-refractivity contribution is 7.91. The lowest BCUT2D eigenvalue weighted by Crippen LogP contribution is -2.27. The van der Waals surface area contributed by atoms with Crippen molar-refractivity contribution in [3.8, 4) is 0 Å². The van der Waals surface area contributed by atoms with Crippen LogP contribution >= 0.6 is 0 Å². The Morgan fingerprint density at radius 2 is 1.71 bits per heavy atom. The molecule has 9 heteroatoms. The zero-order valence-corrected chi connectivity index (χ0v) is 13.8. The summed E-state index contributed by atoms with van der Waals surface area (Å²) < 4.78 is 51.3. The molecule has 0 aliphatic heterocycles. The van der Waals surface area contributed by atoms with Gasteiger partial charge in [0.1, 0.15) is 6.54 Å². The summed E-state index contributed by atoms with van der Waals surface area (Å²) in [5, 5.41) is 0. The van der Waals surface area contributed by atoms with E-state index in [9.17, 15) is 21.6 Å². The first-order valence-electron chi connectivity index (χ1n) is 5.79. The van der Waals surface area contributed by atoms with Gasteiger partial charge in [-0.05, 0) is 18.2 Å². The molecular weight excluding hydrogens is 318 g/mol. The summed E-state index contributed by atoms with van der Waals surface area (Å²) in [7, 11) is -4.45. The highest BCUT2D eigenvalue weighted by atomic mass is 32.2. The minimum atomic E-state index is -3.66. The van der Waals surface area contributed by atoms with Crippen LogP contribution in [0.1, 0.15) is 0 Å². The lowest BCUT2D eigenvalue weighted by atomic mass is 10.3. The van der Waals surface area contributed by atoms with Crippen molar-refractivity contribution in [1.29, 1.82) is 0 Å². The second-order valence-corrected chi connectivity index (χ2v) is 8.61. The number of likely N-dealkylation sites (N-methyl/N-ethyl adjacent to an activating group) is 1. The van der Waals surface area contributed by atoms with Crippen LogP contribution in [-0.2, 0) is 29.2 Å². The highest BCUT2D eigenvalue weighted by Crippen LogP contribution is 2.27. The average molecular weight is 335 g/mol. The maximum absolute atomic E-state index is 11.9. The lowest BCUT2D eigenvalue weighted by molar-refractivity contribution is -0.138. The van der Waals surface area contributed by atoms with Gasteiger partial charge in [-0.15, -0.1) is 0 Å². The highest BCUT2D eigenvalue weighted by Gasteiger charge is 2.21. The van der Waals surface area contributed by atoms with E-state index < -0.39 is 25.6 Å². The Hall–Kier alpha value is -1.61. The average Bonchev–Trinajstić information content (AvgIpc) is 2.35. The third kappa shape index (κ3) is 4.43. The molecular formula is C12H17NO6S2. The fourth-order valence-electron chi connectivity index (χ4n) is 1.68. The van der Waals surface area contributed by atoms with Gasteiger partial charge >= 0.3 is 5.97 Å². The number of anilines is 1. The van der Waals surface area contributed by atoms with E-state index in [1.54, 1.807) is 0 Å². The topological polar surface area (TPSA) is 97.8 Å². The van der Waals surface area contributed by atoms with Crippen LogP contribution in [-0.4, -0.2) is 56.0 Å². The predicted molar refractivity (Wildman–Crippen MR) is 77.9 cm³/mol. The summed E-state index contributed by atoms with van der Waals surface area (Å²) >= 11 is 0. The molecule has 0 atom stereocenters. The lowest BCUT2D eigenvalue weighted by Gasteiger charge is -2.21. The largest absolute Gasteiger partial charge is 0.468 e. The van der Waals surface area contributed by atoms with Crippen LogP contribution in [0.3, 0.4) is 0 Å². The molecule has 0 heterocycles. The molecule has 0 aliphatic carbocycles. The molecule has 1 rings (SSSR count). The Balaban J connectivity index is 3.43. The van der Waals surface area contributed by atoms with Crippen LogP contribution in [0.25, 0.3) is 0 Å². The Morgan fingerprint density at radius 3 is 2.14 bits per heavy atom. The monoisotopic (exact) mass is 335 g/mol. The fraction of sp³-hybridized carbons (Fsp3) is 0.417. The molecule has 0 bridgehead atoms. The second kappa shape index (κ2) is 6.02. The maximum Gasteiger partial charge on any atom is 0.325 e. The number of benzene rings is 1. The van der Waals surface area contributed by atoms with Gasteiger partial charge in [0.25, 0.3) is 0 Å². The number of methoxy groups -OCH3 is 1. The van der Waals surface area contributed by atoms with Gasteiger partial charge in [-0.25, -0.2) is 16.8 Å². The van der Waals surface area contributed by atoms with Crippen molar-refractivity contribution in [3.63, 3.8) is 0 Å². The van der Waals surface area contributed by atoms with Gasteiger partial charge in [0.2, 0.25) is 0 Å². The van der Waals surface area contributed by atoms with Gasteiger partial charge in [0, 0.05) is 19.6 Å². The number of carbonyl (C=O) groups excluding carboxylic acids is 1. The molecule has 0 N–H and O–H groups in total. The first kappa shape index (κ1) is 17.4. The van der Waals surface area contributed by atoms with Crippen molar-refractivity contribution >= 4 is 31.3 Å². The molecule has 7 nitrogen and oxygen atoms in total. The van der Waals surface area contributed by atoms with Crippen LogP contribution < -0.4 is 4.90 Å². The van der Waals surface area contributed by atoms with E-state index in [0.717, 1.165) is 18.6 Å². The maximum atomic E-state index is 11.9. The number of carbonyl (C=O) groups is 1. The summed E-state index contributed by atoms with van der Waals surface area (Å²) in [6.45, 7) is -0.156. The van der Waals surface area contributed by atoms with Crippen LogP contribution in [0.2, 0.25) is 0 Å². The van der Waals surface area contributed by atoms with E-state index in [4.69, 9.17) is 0 Å².